The first-order valence-corrected chi connectivity index (χ1v) is 9.21. The molecule has 1 atom stereocenters. The topological polar surface area (TPSA) is 60.5 Å². The molecule has 0 spiro atoms. The average Bonchev–Trinajstić information content (AvgIpc) is 3.29. The molecule has 0 saturated carbocycles. The summed E-state index contributed by atoms with van der Waals surface area (Å²) in [6.45, 7) is 1.32. The summed E-state index contributed by atoms with van der Waals surface area (Å²) >= 11 is 1.24. The van der Waals surface area contributed by atoms with Gasteiger partial charge in [-0.3, -0.25) is 10.1 Å². The van der Waals surface area contributed by atoms with E-state index in [1.54, 1.807) is 30.3 Å². The van der Waals surface area contributed by atoms with Gasteiger partial charge < -0.3 is 9.47 Å². The maximum atomic E-state index is 13.2. The van der Waals surface area contributed by atoms with Crippen LogP contribution in [0.15, 0.2) is 42.5 Å². The molecule has 2 aromatic carbocycles. The average molecular weight is 372 g/mol. The fraction of sp³-hybridized carbons (Fsp3) is 0.263. The van der Waals surface area contributed by atoms with Crippen molar-refractivity contribution in [2.24, 2.45) is 0 Å². The number of carbonyl (C=O) groups is 1. The SMILES string of the molecule is O=C(Nc1nc2ccc(F)cc2s1)c1ccc(OC[C@@H]2CCCO2)cc1. The standard InChI is InChI=1S/C19H17FN2O3S/c20-13-5-8-16-17(10-13)26-19(21-16)22-18(23)12-3-6-14(7-4-12)25-11-15-2-1-9-24-15/h3-8,10,15H,1-2,9,11H2,(H,21,22,23)/t15-/m0/s1. The van der Waals surface area contributed by atoms with Crippen LogP contribution in [0.1, 0.15) is 23.2 Å². The van der Waals surface area contributed by atoms with E-state index in [4.69, 9.17) is 9.47 Å². The summed E-state index contributed by atoms with van der Waals surface area (Å²) in [5.74, 6) is 0.111. The van der Waals surface area contributed by atoms with Gasteiger partial charge in [-0.15, -0.1) is 0 Å². The maximum Gasteiger partial charge on any atom is 0.257 e. The Labute approximate surface area is 153 Å². The Bertz CT molecular complexity index is 920. The number of nitrogens with zero attached hydrogens (tertiary/aromatic N) is 1. The zero-order valence-corrected chi connectivity index (χ0v) is 14.7. The van der Waals surface area contributed by atoms with Crippen LogP contribution in [-0.4, -0.2) is 30.2 Å². The zero-order chi connectivity index (χ0) is 17.9. The van der Waals surface area contributed by atoms with Crippen molar-refractivity contribution in [3.05, 3.63) is 53.8 Å². The minimum absolute atomic E-state index is 0.154. The summed E-state index contributed by atoms with van der Waals surface area (Å²) < 4.78 is 25.1. The Hall–Kier alpha value is -2.51. The molecule has 1 aliphatic heterocycles. The largest absolute Gasteiger partial charge is 0.491 e. The van der Waals surface area contributed by atoms with Crippen LogP contribution in [0.4, 0.5) is 9.52 Å². The maximum absolute atomic E-state index is 13.2. The van der Waals surface area contributed by atoms with Crippen LogP contribution >= 0.6 is 11.3 Å². The molecule has 26 heavy (non-hydrogen) atoms. The number of amides is 1. The van der Waals surface area contributed by atoms with Gasteiger partial charge in [0.1, 0.15) is 18.2 Å². The van der Waals surface area contributed by atoms with E-state index in [0.29, 0.717) is 33.3 Å². The van der Waals surface area contributed by atoms with Crippen molar-refractivity contribution < 1.29 is 18.7 Å². The second kappa shape index (κ2) is 7.39. The lowest BCUT2D eigenvalue weighted by Gasteiger charge is -2.11. The number of thiazole rings is 1. The lowest BCUT2D eigenvalue weighted by Crippen LogP contribution is -2.16. The van der Waals surface area contributed by atoms with Crippen LogP contribution in [0.2, 0.25) is 0 Å². The number of hydrogen-bond acceptors (Lipinski definition) is 5. The molecule has 7 heteroatoms. The highest BCUT2D eigenvalue weighted by Gasteiger charge is 2.16. The van der Waals surface area contributed by atoms with Crippen LogP contribution in [0, 0.1) is 5.82 Å². The second-order valence-electron chi connectivity index (χ2n) is 6.06. The van der Waals surface area contributed by atoms with Crippen molar-refractivity contribution in [1.29, 1.82) is 0 Å². The summed E-state index contributed by atoms with van der Waals surface area (Å²) in [4.78, 5) is 16.6. The molecule has 1 aliphatic rings. The lowest BCUT2D eigenvalue weighted by atomic mass is 10.2. The number of fused-ring (bicyclic) bond motifs is 1. The Balaban J connectivity index is 1.38. The Kier molecular flexibility index (Phi) is 4.81. The number of benzene rings is 2. The number of carbonyl (C=O) groups excluding carboxylic acids is 1. The highest BCUT2D eigenvalue weighted by atomic mass is 32.1. The van der Waals surface area contributed by atoms with Gasteiger partial charge in [0.2, 0.25) is 0 Å². The molecule has 1 amide bonds. The number of halogens is 1. The summed E-state index contributed by atoms with van der Waals surface area (Å²) in [5, 5.41) is 3.19. The van der Waals surface area contributed by atoms with Gasteiger partial charge in [0.15, 0.2) is 5.13 Å². The first kappa shape index (κ1) is 16.9. The molecule has 1 aromatic heterocycles. The first-order chi connectivity index (χ1) is 12.7. The van der Waals surface area contributed by atoms with Gasteiger partial charge in [-0.2, -0.15) is 0 Å². The number of ether oxygens (including phenoxy) is 2. The molecule has 3 aromatic rings. The molecule has 2 heterocycles. The number of hydrogen-bond donors (Lipinski definition) is 1. The monoisotopic (exact) mass is 372 g/mol. The second-order valence-corrected chi connectivity index (χ2v) is 7.09. The van der Waals surface area contributed by atoms with Gasteiger partial charge in [0, 0.05) is 12.2 Å². The minimum atomic E-state index is -0.322. The van der Waals surface area contributed by atoms with E-state index < -0.39 is 0 Å². The van der Waals surface area contributed by atoms with E-state index in [2.05, 4.69) is 10.3 Å². The van der Waals surface area contributed by atoms with E-state index in [9.17, 15) is 9.18 Å². The van der Waals surface area contributed by atoms with E-state index in [-0.39, 0.29) is 17.8 Å². The molecule has 1 saturated heterocycles. The van der Waals surface area contributed by atoms with Gasteiger partial charge in [-0.1, -0.05) is 11.3 Å². The van der Waals surface area contributed by atoms with Crippen molar-refractivity contribution in [1.82, 2.24) is 4.98 Å². The van der Waals surface area contributed by atoms with E-state index in [1.807, 2.05) is 0 Å². The third kappa shape index (κ3) is 3.84. The van der Waals surface area contributed by atoms with Gasteiger partial charge in [-0.25, -0.2) is 9.37 Å². The van der Waals surface area contributed by atoms with E-state index >= 15 is 0 Å². The normalized spacial score (nSPS) is 16.7. The Morgan fingerprint density at radius 2 is 2.15 bits per heavy atom. The molecular weight excluding hydrogens is 355 g/mol. The van der Waals surface area contributed by atoms with Crippen molar-refractivity contribution in [3.8, 4) is 5.75 Å². The number of nitrogens with one attached hydrogen (secondary N) is 1. The van der Waals surface area contributed by atoms with Gasteiger partial charge in [0.25, 0.3) is 5.91 Å². The summed E-state index contributed by atoms with van der Waals surface area (Å²) in [6.07, 6.45) is 2.25. The first-order valence-electron chi connectivity index (χ1n) is 8.39. The van der Waals surface area contributed by atoms with E-state index in [0.717, 1.165) is 19.4 Å². The summed E-state index contributed by atoms with van der Waals surface area (Å²) in [6, 6.07) is 11.3. The fourth-order valence-corrected chi connectivity index (χ4v) is 3.67. The molecule has 0 unspecified atom stereocenters. The molecule has 134 valence electrons. The van der Waals surface area contributed by atoms with Crippen LogP contribution in [0.5, 0.6) is 5.75 Å². The highest BCUT2D eigenvalue weighted by Crippen LogP contribution is 2.27. The predicted molar refractivity (Wildman–Crippen MR) is 98.4 cm³/mol. The van der Waals surface area contributed by atoms with Gasteiger partial charge >= 0.3 is 0 Å². The van der Waals surface area contributed by atoms with Crippen molar-refractivity contribution >= 4 is 32.6 Å². The van der Waals surface area contributed by atoms with E-state index in [1.165, 1.54) is 23.5 Å². The van der Waals surface area contributed by atoms with Crippen molar-refractivity contribution in [3.63, 3.8) is 0 Å². The van der Waals surface area contributed by atoms with Crippen LogP contribution < -0.4 is 10.1 Å². The third-order valence-corrected chi connectivity index (χ3v) is 5.08. The zero-order valence-electron chi connectivity index (χ0n) is 13.9. The van der Waals surface area contributed by atoms with Crippen LogP contribution in [-0.2, 0) is 4.74 Å². The number of aromatic nitrogens is 1. The number of anilines is 1. The van der Waals surface area contributed by atoms with Crippen molar-refractivity contribution in [2.75, 3.05) is 18.5 Å². The van der Waals surface area contributed by atoms with Crippen molar-refractivity contribution in [2.45, 2.75) is 18.9 Å². The molecule has 4 rings (SSSR count). The number of rotatable bonds is 5. The summed E-state index contributed by atoms with van der Waals surface area (Å²) in [7, 11) is 0. The minimum Gasteiger partial charge on any atom is -0.491 e. The molecular formula is C19H17FN2O3S. The molecule has 1 N–H and O–H groups in total. The van der Waals surface area contributed by atoms with Gasteiger partial charge in [0.05, 0.1) is 16.3 Å². The smallest absolute Gasteiger partial charge is 0.257 e. The Morgan fingerprint density at radius 3 is 2.92 bits per heavy atom. The lowest BCUT2D eigenvalue weighted by molar-refractivity contribution is 0.0679. The molecule has 1 fully saturated rings. The quantitative estimate of drug-likeness (QED) is 0.728. The third-order valence-electron chi connectivity index (χ3n) is 4.15. The fourth-order valence-electron chi connectivity index (χ4n) is 2.79. The molecule has 0 aliphatic carbocycles. The predicted octanol–water partition coefficient (Wildman–Crippen LogP) is 4.25. The highest BCUT2D eigenvalue weighted by molar-refractivity contribution is 7.22. The Morgan fingerprint density at radius 1 is 1.31 bits per heavy atom. The molecule has 0 bridgehead atoms. The molecule has 5 nitrogen and oxygen atoms in total. The van der Waals surface area contributed by atoms with Gasteiger partial charge in [-0.05, 0) is 55.3 Å². The van der Waals surface area contributed by atoms with Crippen LogP contribution in [0.25, 0.3) is 10.2 Å². The van der Waals surface area contributed by atoms with Crippen LogP contribution in [0.3, 0.4) is 0 Å². The molecule has 0 radical (unpaired) electrons. The summed E-state index contributed by atoms with van der Waals surface area (Å²) in [5.41, 5.74) is 1.16.